The van der Waals surface area contributed by atoms with Gasteiger partial charge in [-0.3, -0.25) is 19.3 Å². The van der Waals surface area contributed by atoms with Crippen LogP contribution >= 0.6 is 0 Å². The van der Waals surface area contributed by atoms with Crippen LogP contribution in [0.2, 0.25) is 0 Å². The molecule has 168 valence electrons. The van der Waals surface area contributed by atoms with E-state index in [0.29, 0.717) is 55.2 Å². The maximum atomic E-state index is 13.2. The lowest BCUT2D eigenvalue weighted by atomic mass is 9.97. The molecule has 4 rings (SSSR count). The number of ether oxygens (including phenoxy) is 3. The number of hydrogen-bond acceptors (Lipinski definition) is 6. The van der Waals surface area contributed by atoms with Crippen molar-refractivity contribution in [2.75, 3.05) is 41.0 Å². The zero-order chi connectivity index (χ0) is 22.8. The normalized spacial score (nSPS) is 15.0. The molecule has 0 aliphatic carbocycles. The molecule has 0 unspecified atom stereocenters. The quantitative estimate of drug-likeness (QED) is 0.488. The van der Waals surface area contributed by atoms with Crippen LogP contribution in [0.25, 0.3) is 0 Å². The molecule has 8 heteroatoms. The van der Waals surface area contributed by atoms with Crippen LogP contribution in [0.4, 0.5) is 0 Å². The Morgan fingerprint density at radius 3 is 2.31 bits per heavy atom. The number of imide groups is 1. The standard InChI is InChI=1S/C24H26N2O6/c1-30-10-4-8-26-23(28)18-6-5-16(11-19(18)24(26)29)22(27)25-9-7-15-12-20(31-2)21(32-3)13-17(15)14-25/h5-6,11-13H,4,7-10,14H2,1-3H3. The summed E-state index contributed by atoms with van der Waals surface area (Å²) in [5, 5.41) is 0. The summed E-state index contributed by atoms with van der Waals surface area (Å²) in [7, 11) is 4.75. The largest absolute Gasteiger partial charge is 0.493 e. The Morgan fingerprint density at radius 1 is 0.938 bits per heavy atom. The van der Waals surface area contributed by atoms with Crippen molar-refractivity contribution in [3.63, 3.8) is 0 Å². The molecule has 2 aromatic carbocycles. The molecule has 0 saturated carbocycles. The van der Waals surface area contributed by atoms with E-state index < -0.39 is 0 Å². The highest BCUT2D eigenvalue weighted by molar-refractivity contribution is 6.22. The van der Waals surface area contributed by atoms with Crippen LogP contribution in [-0.4, -0.2) is 68.5 Å². The molecule has 2 heterocycles. The minimum atomic E-state index is -0.364. The highest BCUT2D eigenvalue weighted by atomic mass is 16.5. The lowest BCUT2D eigenvalue weighted by Crippen LogP contribution is -2.36. The molecular formula is C24H26N2O6. The van der Waals surface area contributed by atoms with Crippen molar-refractivity contribution in [1.29, 1.82) is 0 Å². The second kappa shape index (κ2) is 9.00. The summed E-state index contributed by atoms with van der Waals surface area (Å²) in [6.45, 7) is 1.73. The molecule has 0 spiro atoms. The molecule has 2 aliphatic heterocycles. The number of benzene rings is 2. The molecule has 0 aromatic heterocycles. The van der Waals surface area contributed by atoms with Gasteiger partial charge < -0.3 is 19.1 Å². The average Bonchev–Trinajstić information content (AvgIpc) is 3.06. The second-order valence-electron chi connectivity index (χ2n) is 7.82. The monoisotopic (exact) mass is 438 g/mol. The minimum absolute atomic E-state index is 0.175. The van der Waals surface area contributed by atoms with Crippen LogP contribution in [0.15, 0.2) is 30.3 Å². The summed E-state index contributed by atoms with van der Waals surface area (Å²) in [6, 6.07) is 8.59. The average molecular weight is 438 g/mol. The van der Waals surface area contributed by atoms with Crippen LogP contribution in [0, 0.1) is 0 Å². The molecular weight excluding hydrogens is 412 g/mol. The van der Waals surface area contributed by atoms with E-state index in [9.17, 15) is 14.4 Å². The van der Waals surface area contributed by atoms with Gasteiger partial charge in [0.15, 0.2) is 11.5 Å². The van der Waals surface area contributed by atoms with Crippen molar-refractivity contribution in [2.45, 2.75) is 19.4 Å². The fourth-order valence-corrected chi connectivity index (χ4v) is 4.23. The van der Waals surface area contributed by atoms with Gasteiger partial charge >= 0.3 is 0 Å². The lowest BCUT2D eigenvalue weighted by molar-refractivity contribution is 0.0638. The molecule has 0 radical (unpaired) electrons. The van der Waals surface area contributed by atoms with Gasteiger partial charge in [-0.15, -0.1) is 0 Å². The van der Waals surface area contributed by atoms with E-state index in [-0.39, 0.29) is 29.8 Å². The van der Waals surface area contributed by atoms with Crippen LogP contribution in [-0.2, 0) is 17.7 Å². The van der Waals surface area contributed by atoms with Gasteiger partial charge in [0.05, 0.1) is 25.3 Å². The number of amides is 3. The topological polar surface area (TPSA) is 85.4 Å². The van der Waals surface area contributed by atoms with Crippen LogP contribution < -0.4 is 9.47 Å². The lowest BCUT2D eigenvalue weighted by Gasteiger charge is -2.29. The molecule has 2 aliphatic rings. The van der Waals surface area contributed by atoms with Crippen molar-refractivity contribution >= 4 is 17.7 Å². The number of fused-ring (bicyclic) bond motifs is 2. The maximum Gasteiger partial charge on any atom is 0.261 e. The van der Waals surface area contributed by atoms with Gasteiger partial charge in [-0.2, -0.15) is 0 Å². The maximum absolute atomic E-state index is 13.2. The Labute approximate surface area is 186 Å². The third-order valence-corrected chi connectivity index (χ3v) is 5.95. The molecule has 0 N–H and O–H groups in total. The van der Waals surface area contributed by atoms with Gasteiger partial charge in [0.2, 0.25) is 0 Å². The number of nitrogens with zero attached hydrogens (tertiary/aromatic N) is 2. The van der Waals surface area contributed by atoms with Gasteiger partial charge in [0, 0.05) is 38.9 Å². The predicted octanol–water partition coefficient (Wildman–Crippen LogP) is 2.53. The molecule has 0 saturated heterocycles. The molecule has 0 atom stereocenters. The number of carbonyl (C=O) groups excluding carboxylic acids is 3. The first kappa shape index (κ1) is 21.8. The van der Waals surface area contributed by atoms with E-state index in [4.69, 9.17) is 14.2 Å². The van der Waals surface area contributed by atoms with Gasteiger partial charge in [-0.25, -0.2) is 0 Å². The first-order valence-corrected chi connectivity index (χ1v) is 10.5. The molecule has 8 nitrogen and oxygen atoms in total. The minimum Gasteiger partial charge on any atom is -0.493 e. The van der Waals surface area contributed by atoms with Crippen LogP contribution in [0.5, 0.6) is 11.5 Å². The van der Waals surface area contributed by atoms with E-state index in [1.165, 1.54) is 4.90 Å². The van der Waals surface area contributed by atoms with Crippen molar-refractivity contribution in [2.24, 2.45) is 0 Å². The summed E-state index contributed by atoms with van der Waals surface area (Å²) in [6.07, 6.45) is 1.26. The first-order valence-electron chi connectivity index (χ1n) is 10.5. The van der Waals surface area contributed by atoms with E-state index in [0.717, 1.165) is 11.1 Å². The summed E-state index contributed by atoms with van der Waals surface area (Å²) >= 11 is 0. The van der Waals surface area contributed by atoms with E-state index in [2.05, 4.69) is 0 Å². The van der Waals surface area contributed by atoms with Crippen LogP contribution in [0.3, 0.4) is 0 Å². The van der Waals surface area contributed by atoms with Crippen molar-refractivity contribution in [1.82, 2.24) is 9.80 Å². The summed E-state index contributed by atoms with van der Waals surface area (Å²) in [4.78, 5) is 41.5. The van der Waals surface area contributed by atoms with Crippen LogP contribution in [0.1, 0.15) is 48.6 Å². The molecule has 0 fully saturated rings. The molecule has 3 amide bonds. The highest BCUT2D eigenvalue weighted by Gasteiger charge is 2.36. The predicted molar refractivity (Wildman–Crippen MR) is 116 cm³/mol. The van der Waals surface area contributed by atoms with Crippen molar-refractivity contribution in [3.05, 3.63) is 58.1 Å². The van der Waals surface area contributed by atoms with Crippen molar-refractivity contribution in [3.8, 4) is 11.5 Å². The van der Waals surface area contributed by atoms with E-state index in [1.54, 1.807) is 44.4 Å². The SMILES string of the molecule is COCCCN1C(=O)c2ccc(C(=O)N3CCc4cc(OC)c(OC)cc4C3)cc2C1=O. The molecule has 0 bridgehead atoms. The highest BCUT2D eigenvalue weighted by Crippen LogP contribution is 2.34. The Kier molecular flexibility index (Phi) is 6.14. The van der Waals surface area contributed by atoms with Gasteiger partial charge in [0.1, 0.15) is 0 Å². The first-order chi connectivity index (χ1) is 15.5. The Bertz CT molecular complexity index is 1080. The third kappa shape index (κ3) is 3.82. The van der Waals surface area contributed by atoms with Crippen molar-refractivity contribution < 1.29 is 28.6 Å². The van der Waals surface area contributed by atoms with Gasteiger partial charge in [-0.1, -0.05) is 0 Å². The van der Waals surface area contributed by atoms with Gasteiger partial charge in [0.25, 0.3) is 17.7 Å². The summed E-state index contributed by atoms with van der Waals surface area (Å²) < 4.78 is 15.8. The zero-order valence-corrected chi connectivity index (χ0v) is 18.5. The van der Waals surface area contributed by atoms with E-state index in [1.807, 2.05) is 12.1 Å². The summed E-state index contributed by atoms with van der Waals surface area (Å²) in [5.74, 6) is 0.426. The smallest absolute Gasteiger partial charge is 0.261 e. The Balaban J connectivity index is 1.54. The second-order valence-corrected chi connectivity index (χ2v) is 7.82. The number of methoxy groups -OCH3 is 3. The van der Waals surface area contributed by atoms with Gasteiger partial charge in [-0.05, 0) is 54.3 Å². The number of carbonyl (C=O) groups is 3. The zero-order valence-electron chi connectivity index (χ0n) is 18.5. The molecule has 32 heavy (non-hydrogen) atoms. The number of rotatable bonds is 7. The fourth-order valence-electron chi connectivity index (χ4n) is 4.23. The Morgan fingerprint density at radius 2 is 1.62 bits per heavy atom. The fraction of sp³-hybridized carbons (Fsp3) is 0.375. The third-order valence-electron chi connectivity index (χ3n) is 5.95. The Hall–Kier alpha value is -3.39. The molecule has 2 aromatic rings. The number of hydrogen-bond donors (Lipinski definition) is 0. The summed E-state index contributed by atoms with van der Waals surface area (Å²) in [5.41, 5.74) is 3.13. The van der Waals surface area contributed by atoms with E-state index >= 15 is 0 Å².